The summed E-state index contributed by atoms with van der Waals surface area (Å²) in [6.07, 6.45) is 1.53. The number of primary amides is 1. The molecular formula is C5H8ClN3O. The van der Waals surface area contributed by atoms with Crippen molar-refractivity contribution >= 4 is 18.3 Å². The minimum absolute atomic E-state index is 0. The number of hydrogen-bond donors (Lipinski definition) is 1. The van der Waals surface area contributed by atoms with E-state index in [4.69, 9.17) is 5.73 Å². The number of aromatic nitrogens is 2. The van der Waals surface area contributed by atoms with Gasteiger partial charge in [0, 0.05) is 13.2 Å². The van der Waals surface area contributed by atoms with Crippen LogP contribution in [0.2, 0.25) is 0 Å². The lowest BCUT2D eigenvalue weighted by Crippen LogP contribution is -2.15. The molecule has 0 aliphatic rings. The van der Waals surface area contributed by atoms with Gasteiger partial charge in [-0.2, -0.15) is 5.10 Å². The van der Waals surface area contributed by atoms with Gasteiger partial charge >= 0.3 is 0 Å². The molecular weight excluding hydrogens is 154 g/mol. The summed E-state index contributed by atoms with van der Waals surface area (Å²) in [7, 11) is 1.67. The maximum atomic E-state index is 10.4. The molecule has 0 fully saturated rings. The van der Waals surface area contributed by atoms with Crippen molar-refractivity contribution in [1.82, 2.24) is 9.78 Å². The topological polar surface area (TPSA) is 60.9 Å². The Bertz CT molecular complexity index is 233. The van der Waals surface area contributed by atoms with Crippen molar-refractivity contribution in [3.63, 3.8) is 0 Å². The zero-order valence-electron chi connectivity index (χ0n) is 5.44. The number of halogens is 1. The summed E-state index contributed by atoms with van der Waals surface area (Å²) in [6, 6.07) is 1.57. The van der Waals surface area contributed by atoms with Gasteiger partial charge in [0.1, 0.15) is 5.69 Å². The van der Waals surface area contributed by atoms with Crippen LogP contribution >= 0.6 is 12.4 Å². The molecule has 10 heavy (non-hydrogen) atoms. The smallest absolute Gasteiger partial charge is 0.266 e. The van der Waals surface area contributed by atoms with Crippen LogP contribution in [-0.4, -0.2) is 15.7 Å². The fourth-order valence-corrected chi connectivity index (χ4v) is 0.616. The molecule has 0 spiro atoms. The molecule has 0 aromatic carbocycles. The number of amides is 1. The van der Waals surface area contributed by atoms with Gasteiger partial charge in [-0.05, 0) is 6.07 Å². The highest BCUT2D eigenvalue weighted by molar-refractivity contribution is 5.90. The summed E-state index contributed by atoms with van der Waals surface area (Å²) in [5.41, 5.74) is 5.39. The zero-order valence-corrected chi connectivity index (χ0v) is 6.26. The van der Waals surface area contributed by atoms with Crippen LogP contribution in [0, 0.1) is 0 Å². The van der Waals surface area contributed by atoms with Crippen LogP contribution in [0.15, 0.2) is 12.3 Å². The maximum Gasteiger partial charge on any atom is 0.266 e. The first-order valence-corrected chi connectivity index (χ1v) is 2.49. The van der Waals surface area contributed by atoms with Crippen LogP contribution in [0.4, 0.5) is 0 Å². The van der Waals surface area contributed by atoms with Gasteiger partial charge in [0.05, 0.1) is 0 Å². The Hall–Kier alpha value is -1.03. The van der Waals surface area contributed by atoms with E-state index in [-0.39, 0.29) is 12.4 Å². The highest BCUT2D eigenvalue weighted by atomic mass is 35.5. The Morgan fingerprint density at radius 3 is 2.60 bits per heavy atom. The molecule has 1 rings (SSSR count). The van der Waals surface area contributed by atoms with Crippen molar-refractivity contribution in [3.8, 4) is 0 Å². The zero-order chi connectivity index (χ0) is 6.85. The monoisotopic (exact) mass is 161 g/mol. The Labute approximate surface area is 64.4 Å². The van der Waals surface area contributed by atoms with E-state index >= 15 is 0 Å². The summed E-state index contributed by atoms with van der Waals surface area (Å²) in [6.45, 7) is 0. The molecule has 0 saturated carbocycles. The predicted molar refractivity (Wildman–Crippen MR) is 39.0 cm³/mol. The number of aryl methyl sites for hydroxylation is 1. The Morgan fingerprint density at radius 2 is 2.40 bits per heavy atom. The SMILES string of the molecule is Cl.Cn1nccc1C(N)=O. The quantitative estimate of drug-likeness (QED) is 0.628. The van der Waals surface area contributed by atoms with Gasteiger partial charge in [-0.3, -0.25) is 9.48 Å². The van der Waals surface area contributed by atoms with Crippen molar-refractivity contribution in [3.05, 3.63) is 18.0 Å². The van der Waals surface area contributed by atoms with Gasteiger partial charge in [-0.15, -0.1) is 12.4 Å². The third-order valence-corrected chi connectivity index (χ3v) is 1.07. The lowest BCUT2D eigenvalue weighted by atomic mass is 10.4. The van der Waals surface area contributed by atoms with Crippen molar-refractivity contribution in [1.29, 1.82) is 0 Å². The molecule has 0 radical (unpaired) electrons. The van der Waals surface area contributed by atoms with Gasteiger partial charge in [0.2, 0.25) is 0 Å². The first-order chi connectivity index (χ1) is 4.22. The number of nitrogens with two attached hydrogens (primary N) is 1. The van der Waals surface area contributed by atoms with Crippen LogP contribution in [0.1, 0.15) is 10.5 Å². The number of rotatable bonds is 1. The number of nitrogens with zero attached hydrogens (tertiary/aromatic N) is 2. The van der Waals surface area contributed by atoms with Crippen LogP contribution in [-0.2, 0) is 7.05 Å². The first kappa shape index (κ1) is 8.97. The van der Waals surface area contributed by atoms with Gasteiger partial charge in [0.25, 0.3) is 5.91 Å². The van der Waals surface area contributed by atoms with Gasteiger partial charge in [-0.1, -0.05) is 0 Å². The molecule has 2 N–H and O–H groups in total. The van der Waals surface area contributed by atoms with E-state index < -0.39 is 5.91 Å². The molecule has 1 aromatic heterocycles. The summed E-state index contributed by atoms with van der Waals surface area (Å²) in [5, 5.41) is 3.75. The Morgan fingerprint density at radius 1 is 1.80 bits per heavy atom. The standard InChI is InChI=1S/C5H7N3O.ClH/c1-8-4(5(6)9)2-3-7-8;/h2-3H,1H3,(H2,6,9);1H. The van der Waals surface area contributed by atoms with Crippen molar-refractivity contribution < 1.29 is 4.79 Å². The van der Waals surface area contributed by atoms with E-state index in [0.717, 1.165) is 0 Å². The Kier molecular flexibility index (Phi) is 2.89. The van der Waals surface area contributed by atoms with E-state index in [1.807, 2.05) is 0 Å². The largest absolute Gasteiger partial charge is 0.364 e. The molecule has 1 heterocycles. The van der Waals surface area contributed by atoms with Crippen LogP contribution in [0.3, 0.4) is 0 Å². The van der Waals surface area contributed by atoms with Crippen molar-refractivity contribution in [2.45, 2.75) is 0 Å². The maximum absolute atomic E-state index is 10.4. The molecule has 1 amide bonds. The molecule has 0 bridgehead atoms. The van der Waals surface area contributed by atoms with Crippen LogP contribution < -0.4 is 5.73 Å². The molecule has 0 aliphatic heterocycles. The van der Waals surface area contributed by atoms with Crippen LogP contribution in [0.25, 0.3) is 0 Å². The second-order valence-electron chi connectivity index (χ2n) is 1.70. The fourth-order valence-electron chi connectivity index (χ4n) is 0.616. The first-order valence-electron chi connectivity index (χ1n) is 2.49. The van der Waals surface area contributed by atoms with Gasteiger partial charge in [-0.25, -0.2) is 0 Å². The molecule has 1 aromatic rings. The normalized spacial score (nSPS) is 8.50. The Balaban J connectivity index is 0.000000810. The molecule has 0 aliphatic carbocycles. The predicted octanol–water partition coefficient (Wildman–Crippen LogP) is -0.0592. The van der Waals surface area contributed by atoms with Gasteiger partial charge in [0.15, 0.2) is 0 Å². The second-order valence-corrected chi connectivity index (χ2v) is 1.70. The van der Waals surface area contributed by atoms with E-state index in [2.05, 4.69) is 5.10 Å². The second kappa shape index (κ2) is 3.22. The number of carbonyl (C=O) groups is 1. The molecule has 0 unspecified atom stereocenters. The third kappa shape index (κ3) is 1.48. The van der Waals surface area contributed by atoms with E-state index in [1.54, 1.807) is 13.1 Å². The van der Waals surface area contributed by atoms with Crippen molar-refractivity contribution in [2.75, 3.05) is 0 Å². The minimum atomic E-state index is -0.449. The van der Waals surface area contributed by atoms with E-state index in [9.17, 15) is 4.79 Å². The lowest BCUT2D eigenvalue weighted by molar-refractivity contribution is 0.0991. The van der Waals surface area contributed by atoms with Crippen LogP contribution in [0.5, 0.6) is 0 Å². The van der Waals surface area contributed by atoms with Crippen molar-refractivity contribution in [2.24, 2.45) is 12.8 Å². The molecule has 4 nitrogen and oxygen atoms in total. The number of carbonyl (C=O) groups excluding carboxylic acids is 1. The summed E-state index contributed by atoms with van der Waals surface area (Å²) in [4.78, 5) is 10.4. The third-order valence-electron chi connectivity index (χ3n) is 1.07. The van der Waals surface area contributed by atoms with E-state index in [0.29, 0.717) is 5.69 Å². The highest BCUT2D eigenvalue weighted by Crippen LogP contribution is 1.91. The molecule has 56 valence electrons. The highest BCUT2D eigenvalue weighted by Gasteiger charge is 2.02. The fraction of sp³-hybridized carbons (Fsp3) is 0.200. The molecule has 0 atom stereocenters. The summed E-state index contributed by atoms with van der Waals surface area (Å²) >= 11 is 0. The molecule has 0 saturated heterocycles. The number of hydrogen-bond acceptors (Lipinski definition) is 2. The van der Waals surface area contributed by atoms with E-state index in [1.165, 1.54) is 10.9 Å². The van der Waals surface area contributed by atoms with Gasteiger partial charge < -0.3 is 5.73 Å². The minimum Gasteiger partial charge on any atom is -0.364 e. The lowest BCUT2D eigenvalue weighted by Gasteiger charge is -1.92. The summed E-state index contributed by atoms with van der Waals surface area (Å²) < 4.78 is 1.43. The average molecular weight is 162 g/mol. The summed E-state index contributed by atoms with van der Waals surface area (Å²) in [5.74, 6) is -0.449. The molecule has 5 heteroatoms. The average Bonchev–Trinajstić information content (AvgIpc) is 2.13.